The maximum atomic E-state index is 14.3. The Morgan fingerprint density at radius 3 is 2.87 bits per heavy atom. The fourth-order valence-electron chi connectivity index (χ4n) is 3.35. The maximum Gasteiger partial charge on any atom is 0.172 e. The summed E-state index contributed by atoms with van der Waals surface area (Å²) in [7, 11) is 0. The molecule has 0 atom stereocenters. The van der Waals surface area contributed by atoms with Crippen molar-refractivity contribution in [2.75, 3.05) is 43.0 Å². The minimum atomic E-state index is -0.658. The van der Waals surface area contributed by atoms with Crippen LogP contribution in [0.2, 0.25) is 5.02 Å². The molecule has 0 unspecified atom stereocenters. The lowest BCUT2D eigenvalue weighted by molar-refractivity contribution is 0.291. The SMILES string of the molecule is OCCNCCn1cc(-c2cnc3c(n2)N(Cc2c(F)ccc(F)c2Cl)CCN3)cn1. The summed E-state index contributed by atoms with van der Waals surface area (Å²) in [5.41, 5.74) is 1.50. The Morgan fingerprint density at radius 2 is 2.03 bits per heavy atom. The molecule has 0 bridgehead atoms. The average molecular weight is 450 g/mol. The lowest BCUT2D eigenvalue weighted by Gasteiger charge is -2.30. The molecular weight excluding hydrogens is 428 g/mol. The third-order valence-corrected chi connectivity index (χ3v) is 5.36. The van der Waals surface area contributed by atoms with E-state index in [-0.39, 0.29) is 23.7 Å². The van der Waals surface area contributed by atoms with Crippen LogP contribution in [0.3, 0.4) is 0 Å². The average Bonchev–Trinajstić information content (AvgIpc) is 3.26. The van der Waals surface area contributed by atoms with Crippen molar-refractivity contribution in [3.05, 3.63) is 52.9 Å². The molecule has 3 aromatic rings. The molecule has 3 heterocycles. The van der Waals surface area contributed by atoms with Crippen molar-refractivity contribution in [2.24, 2.45) is 0 Å². The van der Waals surface area contributed by atoms with Crippen molar-refractivity contribution in [1.82, 2.24) is 25.1 Å². The molecule has 1 aromatic carbocycles. The Labute approximate surface area is 182 Å². The molecule has 8 nitrogen and oxygen atoms in total. The number of benzene rings is 1. The number of halogens is 3. The van der Waals surface area contributed by atoms with Crippen LogP contribution < -0.4 is 15.5 Å². The van der Waals surface area contributed by atoms with Gasteiger partial charge < -0.3 is 20.6 Å². The summed E-state index contributed by atoms with van der Waals surface area (Å²) in [4.78, 5) is 11.0. The highest BCUT2D eigenvalue weighted by Gasteiger charge is 2.23. The fourth-order valence-corrected chi connectivity index (χ4v) is 3.57. The Bertz CT molecular complexity index is 1060. The molecule has 0 amide bonds. The topological polar surface area (TPSA) is 91.1 Å². The van der Waals surface area contributed by atoms with Crippen LogP contribution in [-0.4, -0.2) is 57.6 Å². The van der Waals surface area contributed by atoms with Gasteiger partial charge >= 0.3 is 0 Å². The maximum absolute atomic E-state index is 14.3. The van der Waals surface area contributed by atoms with Crippen molar-refractivity contribution in [3.63, 3.8) is 0 Å². The molecule has 0 saturated carbocycles. The van der Waals surface area contributed by atoms with Crippen LogP contribution in [0.4, 0.5) is 20.4 Å². The van der Waals surface area contributed by atoms with E-state index in [9.17, 15) is 8.78 Å². The summed E-state index contributed by atoms with van der Waals surface area (Å²) in [5, 5.41) is 19.2. The number of fused-ring (bicyclic) bond motifs is 1. The van der Waals surface area contributed by atoms with Gasteiger partial charge in [0.15, 0.2) is 11.6 Å². The van der Waals surface area contributed by atoms with Crippen LogP contribution in [0.25, 0.3) is 11.3 Å². The number of aliphatic hydroxyl groups excluding tert-OH is 1. The minimum absolute atomic E-state index is 0.0744. The number of hydrogen-bond donors (Lipinski definition) is 3. The summed E-state index contributed by atoms with van der Waals surface area (Å²) in [6.45, 7) is 3.14. The number of hydrogen-bond acceptors (Lipinski definition) is 7. The van der Waals surface area contributed by atoms with Gasteiger partial charge in [0.2, 0.25) is 0 Å². The van der Waals surface area contributed by atoms with Crippen LogP contribution in [-0.2, 0) is 13.1 Å². The first-order valence-electron chi connectivity index (χ1n) is 9.89. The van der Waals surface area contributed by atoms with E-state index in [0.29, 0.717) is 50.1 Å². The predicted molar refractivity (Wildman–Crippen MR) is 114 cm³/mol. The summed E-state index contributed by atoms with van der Waals surface area (Å²) in [5.74, 6) is -0.106. The highest BCUT2D eigenvalue weighted by Crippen LogP contribution is 2.31. The third kappa shape index (κ3) is 4.76. The molecule has 1 aliphatic rings. The van der Waals surface area contributed by atoms with Crippen LogP contribution in [0.1, 0.15) is 5.56 Å². The molecule has 4 rings (SSSR count). The Kier molecular flexibility index (Phi) is 6.59. The summed E-state index contributed by atoms with van der Waals surface area (Å²) in [6, 6.07) is 2.09. The van der Waals surface area contributed by atoms with Gasteiger partial charge in [0, 0.05) is 50.0 Å². The van der Waals surface area contributed by atoms with E-state index < -0.39 is 11.6 Å². The number of rotatable bonds is 8. The Morgan fingerprint density at radius 1 is 1.19 bits per heavy atom. The third-order valence-electron chi connectivity index (χ3n) is 4.95. The number of anilines is 2. The molecular formula is C20H22ClF2N7O. The smallest absolute Gasteiger partial charge is 0.172 e. The van der Waals surface area contributed by atoms with Crippen LogP contribution in [0, 0.1) is 11.6 Å². The first kappa shape index (κ1) is 21.4. The predicted octanol–water partition coefficient (Wildman–Crippen LogP) is 2.29. The normalized spacial score (nSPS) is 13.2. The highest BCUT2D eigenvalue weighted by atomic mass is 35.5. The molecule has 164 valence electrons. The molecule has 11 heteroatoms. The second kappa shape index (κ2) is 9.54. The zero-order valence-electron chi connectivity index (χ0n) is 16.7. The summed E-state index contributed by atoms with van der Waals surface area (Å²) < 4.78 is 29.9. The molecule has 31 heavy (non-hydrogen) atoms. The van der Waals surface area contributed by atoms with Gasteiger partial charge in [0.25, 0.3) is 0 Å². The standard InChI is InChI=1S/C20H22ClF2N7O/c21-18-14(15(22)1-2-16(18)23)12-29-6-4-25-19-20(29)28-17(10-26-19)13-9-27-30(11-13)7-3-24-5-8-31/h1-2,9-11,24,31H,3-8,12H2,(H,25,26). The van der Waals surface area contributed by atoms with Gasteiger partial charge in [-0.3, -0.25) is 4.68 Å². The molecule has 0 saturated heterocycles. The van der Waals surface area contributed by atoms with Crippen molar-refractivity contribution in [1.29, 1.82) is 0 Å². The summed E-state index contributed by atoms with van der Waals surface area (Å²) in [6.07, 6.45) is 5.21. The van der Waals surface area contributed by atoms with Crippen molar-refractivity contribution < 1.29 is 13.9 Å². The van der Waals surface area contributed by atoms with E-state index in [4.69, 9.17) is 21.7 Å². The molecule has 0 spiro atoms. The van der Waals surface area contributed by atoms with E-state index in [2.05, 4.69) is 20.7 Å². The fraction of sp³-hybridized carbons (Fsp3) is 0.350. The van der Waals surface area contributed by atoms with E-state index in [1.54, 1.807) is 17.1 Å². The summed E-state index contributed by atoms with van der Waals surface area (Å²) >= 11 is 6.01. The second-order valence-electron chi connectivity index (χ2n) is 7.06. The van der Waals surface area contributed by atoms with Crippen molar-refractivity contribution >= 4 is 23.2 Å². The van der Waals surface area contributed by atoms with E-state index in [0.717, 1.165) is 17.7 Å². The molecule has 0 radical (unpaired) electrons. The zero-order chi connectivity index (χ0) is 21.8. The van der Waals surface area contributed by atoms with E-state index >= 15 is 0 Å². The highest BCUT2D eigenvalue weighted by molar-refractivity contribution is 6.31. The Balaban J connectivity index is 1.56. The van der Waals surface area contributed by atoms with E-state index in [1.807, 2.05) is 11.1 Å². The molecule has 0 fully saturated rings. The first-order chi connectivity index (χ1) is 15.1. The minimum Gasteiger partial charge on any atom is -0.395 e. The monoisotopic (exact) mass is 449 g/mol. The van der Waals surface area contributed by atoms with Gasteiger partial charge in [-0.2, -0.15) is 5.10 Å². The number of nitrogens with zero attached hydrogens (tertiary/aromatic N) is 5. The number of nitrogens with one attached hydrogen (secondary N) is 2. The lowest BCUT2D eigenvalue weighted by Crippen LogP contribution is -2.35. The number of aliphatic hydroxyl groups is 1. The lowest BCUT2D eigenvalue weighted by atomic mass is 10.1. The van der Waals surface area contributed by atoms with Gasteiger partial charge in [0.05, 0.1) is 36.3 Å². The zero-order valence-corrected chi connectivity index (χ0v) is 17.4. The van der Waals surface area contributed by atoms with Crippen LogP contribution in [0.15, 0.2) is 30.7 Å². The van der Waals surface area contributed by atoms with Gasteiger partial charge in [-0.05, 0) is 12.1 Å². The molecule has 1 aliphatic heterocycles. The van der Waals surface area contributed by atoms with Gasteiger partial charge in [0.1, 0.15) is 11.6 Å². The number of aromatic nitrogens is 4. The van der Waals surface area contributed by atoms with Gasteiger partial charge in [-0.1, -0.05) is 11.6 Å². The largest absolute Gasteiger partial charge is 0.395 e. The van der Waals surface area contributed by atoms with Crippen molar-refractivity contribution in [3.8, 4) is 11.3 Å². The first-order valence-corrected chi connectivity index (χ1v) is 10.3. The van der Waals surface area contributed by atoms with Gasteiger partial charge in [-0.25, -0.2) is 18.7 Å². The van der Waals surface area contributed by atoms with Crippen molar-refractivity contribution in [2.45, 2.75) is 13.1 Å². The van der Waals surface area contributed by atoms with Crippen LogP contribution in [0.5, 0.6) is 0 Å². The van der Waals surface area contributed by atoms with Gasteiger partial charge in [-0.15, -0.1) is 0 Å². The van der Waals surface area contributed by atoms with Crippen LogP contribution >= 0.6 is 11.6 Å². The Hall–Kier alpha value is -2.82. The second-order valence-corrected chi connectivity index (χ2v) is 7.44. The molecule has 0 aliphatic carbocycles. The molecule has 2 aromatic heterocycles. The quantitative estimate of drug-likeness (QED) is 0.359. The molecule has 3 N–H and O–H groups in total. The van der Waals surface area contributed by atoms with E-state index in [1.165, 1.54) is 0 Å².